The minimum Gasteiger partial charge on any atom is -0.401 e. The lowest BCUT2D eigenvalue weighted by Gasteiger charge is -2.14. The Balaban J connectivity index is 2.04. The summed E-state index contributed by atoms with van der Waals surface area (Å²) in [6.07, 6.45) is 6.23. The van der Waals surface area contributed by atoms with E-state index >= 15 is 0 Å². The number of anilines is 1. The van der Waals surface area contributed by atoms with E-state index < -0.39 is 0 Å². The summed E-state index contributed by atoms with van der Waals surface area (Å²) in [6, 6.07) is 8.06. The molecule has 0 saturated carbocycles. The van der Waals surface area contributed by atoms with Crippen molar-refractivity contribution in [2.45, 2.75) is 10.00 Å². The van der Waals surface area contributed by atoms with Crippen LogP contribution in [0, 0.1) is 0 Å². The number of hydrogen-bond donors (Lipinski definition) is 2. The second-order valence-corrected chi connectivity index (χ2v) is 5.32. The van der Waals surface area contributed by atoms with E-state index in [9.17, 15) is 0 Å². The molecular formula is C12H12N2S. The smallest absolute Gasteiger partial charge is 0.0773 e. The number of hydrogen-bond acceptors (Lipinski definition) is 3. The fraction of sp³-hybridized carbons (Fsp3) is 0.167. The molecule has 3 rings (SSSR count). The summed E-state index contributed by atoms with van der Waals surface area (Å²) in [7, 11) is 0. The zero-order chi connectivity index (χ0) is 10.5. The minimum absolute atomic E-state index is 0.0637. The first-order chi connectivity index (χ1) is 7.22. The van der Waals surface area contributed by atoms with Crippen LogP contribution in [-0.4, -0.2) is 5.25 Å². The lowest BCUT2D eigenvalue weighted by atomic mass is 9.91. The Morgan fingerprint density at radius 2 is 2.13 bits per heavy atom. The van der Waals surface area contributed by atoms with Crippen LogP contribution in [0.2, 0.25) is 0 Å². The van der Waals surface area contributed by atoms with E-state index in [1.807, 2.05) is 42.1 Å². The highest BCUT2D eigenvalue weighted by atomic mass is 32.2. The maximum Gasteiger partial charge on any atom is 0.0773 e. The van der Waals surface area contributed by atoms with Gasteiger partial charge in [-0.05, 0) is 23.8 Å². The van der Waals surface area contributed by atoms with Gasteiger partial charge in [-0.2, -0.15) is 0 Å². The molecule has 1 aromatic carbocycles. The van der Waals surface area contributed by atoms with E-state index in [2.05, 4.69) is 12.1 Å². The summed E-state index contributed by atoms with van der Waals surface area (Å²) >= 11 is 1.88. The summed E-state index contributed by atoms with van der Waals surface area (Å²) in [5.74, 6) is 0. The molecule has 1 fully saturated rings. The Labute approximate surface area is 93.0 Å². The van der Waals surface area contributed by atoms with Gasteiger partial charge >= 0.3 is 0 Å². The van der Waals surface area contributed by atoms with Crippen molar-refractivity contribution in [3.8, 4) is 0 Å². The molecule has 1 aromatic rings. The standard InChI is InChI=1S/C12H12N2S/c13-9-4-1-3-8(7-9)12-6-2-5-10(14)11(12)15-12/h1-7,11H,13-14H2. The quantitative estimate of drug-likeness (QED) is 0.557. The minimum atomic E-state index is 0.0637. The first-order valence-electron chi connectivity index (χ1n) is 4.91. The summed E-state index contributed by atoms with van der Waals surface area (Å²) in [5, 5.41) is 0.407. The lowest BCUT2D eigenvalue weighted by molar-refractivity contribution is 0.860. The fourth-order valence-electron chi connectivity index (χ4n) is 2.09. The largest absolute Gasteiger partial charge is 0.401 e. The molecule has 2 aliphatic rings. The molecule has 0 amide bonds. The lowest BCUT2D eigenvalue weighted by Crippen LogP contribution is -2.17. The molecule has 0 spiro atoms. The third-order valence-electron chi connectivity index (χ3n) is 2.92. The van der Waals surface area contributed by atoms with Gasteiger partial charge in [0, 0.05) is 11.4 Å². The van der Waals surface area contributed by atoms with E-state index in [1.165, 1.54) is 5.56 Å². The molecular weight excluding hydrogens is 204 g/mol. The van der Waals surface area contributed by atoms with Crippen LogP contribution < -0.4 is 11.5 Å². The highest BCUT2D eigenvalue weighted by Crippen LogP contribution is 2.65. The molecule has 3 heteroatoms. The van der Waals surface area contributed by atoms with Crippen molar-refractivity contribution in [1.82, 2.24) is 0 Å². The van der Waals surface area contributed by atoms with Crippen LogP contribution in [0.3, 0.4) is 0 Å². The van der Waals surface area contributed by atoms with Gasteiger partial charge in [-0.15, -0.1) is 11.8 Å². The molecule has 2 atom stereocenters. The van der Waals surface area contributed by atoms with Crippen molar-refractivity contribution in [1.29, 1.82) is 0 Å². The second-order valence-electron chi connectivity index (χ2n) is 3.94. The third kappa shape index (κ3) is 1.20. The van der Waals surface area contributed by atoms with E-state index in [0.717, 1.165) is 11.4 Å². The van der Waals surface area contributed by atoms with Crippen LogP contribution in [0.1, 0.15) is 5.56 Å². The van der Waals surface area contributed by atoms with Gasteiger partial charge in [-0.3, -0.25) is 0 Å². The summed E-state index contributed by atoms with van der Waals surface area (Å²) in [6.45, 7) is 0. The van der Waals surface area contributed by atoms with Crippen molar-refractivity contribution in [2.24, 2.45) is 5.73 Å². The van der Waals surface area contributed by atoms with Gasteiger partial charge in [0.2, 0.25) is 0 Å². The average molecular weight is 216 g/mol. The first-order valence-corrected chi connectivity index (χ1v) is 5.79. The normalized spacial score (nSPS) is 32.0. The monoisotopic (exact) mass is 216 g/mol. The summed E-state index contributed by atoms with van der Waals surface area (Å²) < 4.78 is 0.0637. The Morgan fingerprint density at radius 1 is 1.27 bits per heavy atom. The Morgan fingerprint density at radius 3 is 2.93 bits per heavy atom. The average Bonchev–Trinajstić information content (AvgIpc) is 2.95. The van der Waals surface area contributed by atoms with Gasteiger partial charge in [0.1, 0.15) is 0 Å². The van der Waals surface area contributed by atoms with Crippen LogP contribution in [0.4, 0.5) is 5.69 Å². The fourth-order valence-corrected chi connectivity index (χ4v) is 3.40. The van der Waals surface area contributed by atoms with Crippen molar-refractivity contribution >= 4 is 17.4 Å². The number of allylic oxidation sites excluding steroid dienone is 2. The van der Waals surface area contributed by atoms with Gasteiger partial charge in [-0.1, -0.05) is 24.3 Å². The molecule has 2 nitrogen and oxygen atoms in total. The maximum atomic E-state index is 5.94. The molecule has 4 N–H and O–H groups in total. The summed E-state index contributed by atoms with van der Waals surface area (Å²) in [5.41, 5.74) is 14.8. The predicted molar refractivity (Wildman–Crippen MR) is 65.3 cm³/mol. The number of benzene rings is 1. The van der Waals surface area contributed by atoms with E-state index in [0.29, 0.717) is 5.25 Å². The Hall–Kier alpha value is -1.35. The van der Waals surface area contributed by atoms with Gasteiger partial charge in [0.15, 0.2) is 0 Å². The van der Waals surface area contributed by atoms with Crippen LogP contribution >= 0.6 is 11.8 Å². The maximum absolute atomic E-state index is 5.94. The summed E-state index contributed by atoms with van der Waals surface area (Å²) in [4.78, 5) is 0. The van der Waals surface area contributed by atoms with Crippen LogP contribution in [0.15, 0.2) is 48.2 Å². The zero-order valence-corrected chi connectivity index (χ0v) is 9.00. The van der Waals surface area contributed by atoms with Crippen molar-refractivity contribution in [3.63, 3.8) is 0 Å². The second kappa shape index (κ2) is 2.83. The van der Waals surface area contributed by atoms with Crippen LogP contribution in [0.5, 0.6) is 0 Å². The van der Waals surface area contributed by atoms with Gasteiger partial charge in [0.25, 0.3) is 0 Å². The van der Waals surface area contributed by atoms with Crippen LogP contribution in [0.25, 0.3) is 0 Å². The van der Waals surface area contributed by atoms with E-state index in [1.54, 1.807) is 0 Å². The molecule has 1 heterocycles. The zero-order valence-electron chi connectivity index (χ0n) is 8.18. The number of thioether (sulfide) groups is 1. The van der Waals surface area contributed by atoms with E-state index in [4.69, 9.17) is 11.5 Å². The number of rotatable bonds is 1. The Kier molecular flexibility index (Phi) is 1.68. The molecule has 15 heavy (non-hydrogen) atoms. The first kappa shape index (κ1) is 8.92. The molecule has 0 radical (unpaired) electrons. The Bertz CT molecular complexity index is 478. The predicted octanol–water partition coefficient (Wildman–Crippen LogP) is 1.99. The van der Waals surface area contributed by atoms with Gasteiger partial charge in [0.05, 0.1) is 10.00 Å². The van der Waals surface area contributed by atoms with Crippen LogP contribution in [-0.2, 0) is 4.75 Å². The van der Waals surface area contributed by atoms with Crippen molar-refractivity contribution in [2.75, 3.05) is 5.73 Å². The highest BCUT2D eigenvalue weighted by molar-refractivity contribution is 8.08. The number of nitrogen functional groups attached to an aromatic ring is 1. The molecule has 0 aromatic heterocycles. The number of fused-ring (bicyclic) bond motifs is 1. The van der Waals surface area contributed by atoms with Crippen molar-refractivity contribution < 1.29 is 0 Å². The molecule has 2 unspecified atom stereocenters. The molecule has 1 saturated heterocycles. The molecule has 1 aliphatic heterocycles. The number of nitrogens with two attached hydrogens (primary N) is 2. The highest BCUT2D eigenvalue weighted by Gasteiger charge is 2.57. The van der Waals surface area contributed by atoms with E-state index in [-0.39, 0.29) is 4.75 Å². The molecule has 76 valence electrons. The SMILES string of the molecule is NC1=CC=CC2(c3cccc(N)c3)SC12. The van der Waals surface area contributed by atoms with Gasteiger partial charge < -0.3 is 11.5 Å². The molecule has 0 bridgehead atoms. The van der Waals surface area contributed by atoms with Gasteiger partial charge in [-0.25, -0.2) is 0 Å². The van der Waals surface area contributed by atoms with Crippen molar-refractivity contribution in [3.05, 3.63) is 53.8 Å². The third-order valence-corrected chi connectivity index (χ3v) is 4.54. The topological polar surface area (TPSA) is 52.0 Å². The molecule has 1 aliphatic carbocycles.